The predicted octanol–water partition coefficient (Wildman–Crippen LogP) is 1.43. The first kappa shape index (κ1) is 12.0. The Morgan fingerprint density at radius 3 is 2.71 bits per heavy atom. The van der Waals surface area contributed by atoms with E-state index in [1.54, 1.807) is 7.11 Å². The maximum absolute atomic E-state index is 5.64. The molecule has 14 heavy (non-hydrogen) atoms. The van der Waals surface area contributed by atoms with Crippen LogP contribution < -0.4 is 5.32 Å². The Kier molecular flexibility index (Phi) is 6.15. The minimum atomic E-state index is 0.238. The highest BCUT2D eigenvalue weighted by Gasteiger charge is 2.12. The van der Waals surface area contributed by atoms with E-state index in [0.717, 1.165) is 12.5 Å². The molecule has 1 aliphatic heterocycles. The SMILES string of the molecule is COCC(C)OCCC1CCNCC1. The predicted molar refractivity (Wildman–Crippen MR) is 57.5 cm³/mol. The highest BCUT2D eigenvalue weighted by atomic mass is 16.5. The molecule has 1 unspecified atom stereocenters. The molecule has 0 bridgehead atoms. The Bertz CT molecular complexity index is 135. The van der Waals surface area contributed by atoms with Crippen LogP contribution in [-0.4, -0.2) is 39.5 Å². The van der Waals surface area contributed by atoms with Gasteiger partial charge in [0, 0.05) is 13.7 Å². The number of hydrogen-bond acceptors (Lipinski definition) is 3. The van der Waals surface area contributed by atoms with Crippen molar-refractivity contribution in [2.45, 2.75) is 32.3 Å². The van der Waals surface area contributed by atoms with Crippen molar-refractivity contribution in [1.82, 2.24) is 5.32 Å². The normalized spacial score (nSPS) is 21.0. The molecule has 0 aromatic rings. The largest absolute Gasteiger partial charge is 0.382 e. The van der Waals surface area contributed by atoms with Gasteiger partial charge >= 0.3 is 0 Å². The molecule has 1 aliphatic rings. The van der Waals surface area contributed by atoms with Crippen molar-refractivity contribution in [1.29, 1.82) is 0 Å². The zero-order valence-corrected chi connectivity index (χ0v) is 9.42. The van der Waals surface area contributed by atoms with Gasteiger partial charge in [-0.1, -0.05) is 0 Å². The first-order valence-electron chi connectivity index (χ1n) is 5.64. The van der Waals surface area contributed by atoms with Crippen molar-refractivity contribution in [2.75, 3.05) is 33.4 Å². The second kappa shape index (κ2) is 7.21. The van der Waals surface area contributed by atoms with Gasteiger partial charge in [0.05, 0.1) is 12.7 Å². The quantitative estimate of drug-likeness (QED) is 0.705. The van der Waals surface area contributed by atoms with Crippen LogP contribution in [0.15, 0.2) is 0 Å². The molecule has 84 valence electrons. The lowest BCUT2D eigenvalue weighted by atomic mass is 9.95. The molecule has 1 N–H and O–H groups in total. The summed E-state index contributed by atoms with van der Waals surface area (Å²) in [4.78, 5) is 0. The van der Waals surface area contributed by atoms with Crippen LogP contribution in [0.25, 0.3) is 0 Å². The molecule has 0 aliphatic carbocycles. The average molecular weight is 201 g/mol. The Morgan fingerprint density at radius 2 is 2.07 bits per heavy atom. The lowest BCUT2D eigenvalue weighted by Crippen LogP contribution is -2.28. The van der Waals surface area contributed by atoms with E-state index in [2.05, 4.69) is 12.2 Å². The second-order valence-corrected chi connectivity index (χ2v) is 4.12. The van der Waals surface area contributed by atoms with Crippen molar-refractivity contribution < 1.29 is 9.47 Å². The average Bonchev–Trinajstić information content (AvgIpc) is 2.20. The van der Waals surface area contributed by atoms with Gasteiger partial charge in [-0.2, -0.15) is 0 Å². The van der Waals surface area contributed by atoms with Crippen LogP contribution in [0.4, 0.5) is 0 Å². The summed E-state index contributed by atoms with van der Waals surface area (Å²) in [5.74, 6) is 0.867. The number of piperidine rings is 1. The fourth-order valence-electron chi connectivity index (χ4n) is 1.89. The molecule has 0 saturated carbocycles. The first-order chi connectivity index (χ1) is 6.83. The van der Waals surface area contributed by atoms with Gasteiger partial charge < -0.3 is 14.8 Å². The molecule has 0 radical (unpaired) electrons. The van der Waals surface area contributed by atoms with Crippen LogP contribution in [-0.2, 0) is 9.47 Å². The van der Waals surface area contributed by atoms with Crippen LogP contribution in [0.2, 0.25) is 0 Å². The van der Waals surface area contributed by atoms with Gasteiger partial charge in [-0.3, -0.25) is 0 Å². The van der Waals surface area contributed by atoms with Crippen LogP contribution in [0, 0.1) is 5.92 Å². The third-order valence-corrected chi connectivity index (χ3v) is 2.79. The molecular formula is C11H23NO2. The summed E-state index contributed by atoms with van der Waals surface area (Å²) in [7, 11) is 1.71. The molecule has 1 atom stereocenters. The number of rotatable bonds is 6. The van der Waals surface area contributed by atoms with Crippen molar-refractivity contribution in [3.8, 4) is 0 Å². The van der Waals surface area contributed by atoms with Crippen LogP contribution in [0.3, 0.4) is 0 Å². The van der Waals surface area contributed by atoms with Crippen LogP contribution in [0.5, 0.6) is 0 Å². The topological polar surface area (TPSA) is 30.5 Å². The Balaban J connectivity index is 1.96. The highest BCUT2D eigenvalue weighted by molar-refractivity contribution is 4.68. The molecule has 0 spiro atoms. The van der Waals surface area contributed by atoms with Gasteiger partial charge in [0.25, 0.3) is 0 Å². The summed E-state index contributed by atoms with van der Waals surface area (Å²) in [6.45, 7) is 6.00. The van der Waals surface area contributed by atoms with Crippen molar-refractivity contribution in [3.05, 3.63) is 0 Å². The van der Waals surface area contributed by atoms with Gasteiger partial charge in [0.1, 0.15) is 0 Å². The highest BCUT2D eigenvalue weighted by Crippen LogP contribution is 2.15. The van der Waals surface area contributed by atoms with E-state index >= 15 is 0 Å². The molecule has 1 heterocycles. The molecule has 0 aromatic carbocycles. The smallest absolute Gasteiger partial charge is 0.0780 e. The molecular weight excluding hydrogens is 178 g/mol. The molecule has 1 rings (SSSR count). The third kappa shape index (κ3) is 4.94. The van der Waals surface area contributed by atoms with Crippen molar-refractivity contribution in [2.24, 2.45) is 5.92 Å². The van der Waals surface area contributed by atoms with E-state index in [1.165, 1.54) is 32.4 Å². The zero-order chi connectivity index (χ0) is 10.2. The summed E-state index contributed by atoms with van der Waals surface area (Å²) >= 11 is 0. The Hall–Kier alpha value is -0.120. The fraction of sp³-hybridized carbons (Fsp3) is 1.00. The minimum absolute atomic E-state index is 0.238. The lowest BCUT2D eigenvalue weighted by molar-refractivity contribution is 0.00274. The van der Waals surface area contributed by atoms with E-state index in [1.807, 2.05) is 0 Å². The Morgan fingerprint density at radius 1 is 1.36 bits per heavy atom. The van der Waals surface area contributed by atoms with Gasteiger partial charge in [-0.25, -0.2) is 0 Å². The first-order valence-corrected chi connectivity index (χ1v) is 5.64. The molecule has 3 heteroatoms. The molecule has 0 amide bonds. The van der Waals surface area contributed by atoms with E-state index in [0.29, 0.717) is 6.61 Å². The fourth-order valence-corrected chi connectivity index (χ4v) is 1.89. The lowest BCUT2D eigenvalue weighted by Gasteiger charge is -2.23. The van der Waals surface area contributed by atoms with E-state index < -0.39 is 0 Å². The van der Waals surface area contributed by atoms with Gasteiger partial charge in [-0.15, -0.1) is 0 Å². The molecule has 0 aromatic heterocycles. The summed E-state index contributed by atoms with van der Waals surface area (Å²) in [5, 5.41) is 3.37. The van der Waals surface area contributed by atoms with Gasteiger partial charge in [-0.05, 0) is 45.2 Å². The monoisotopic (exact) mass is 201 g/mol. The zero-order valence-electron chi connectivity index (χ0n) is 9.42. The van der Waals surface area contributed by atoms with Crippen molar-refractivity contribution in [3.63, 3.8) is 0 Å². The van der Waals surface area contributed by atoms with E-state index in [-0.39, 0.29) is 6.10 Å². The number of methoxy groups -OCH3 is 1. The molecule has 3 nitrogen and oxygen atoms in total. The maximum Gasteiger partial charge on any atom is 0.0780 e. The number of nitrogens with one attached hydrogen (secondary N) is 1. The minimum Gasteiger partial charge on any atom is -0.382 e. The van der Waals surface area contributed by atoms with E-state index in [4.69, 9.17) is 9.47 Å². The summed E-state index contributed by atoms with van der Waals surface area (Å²) in [6.07, 6.45) is 4.06. The Labute approximate surface area is 87.2 Å². The number of ether oxygens (including phenoxy) is 2. The second-order valence-electron chi connectivity index (χ2n) is 4.12. The maximum atomic E-state index is 5.64. The van der Waals surface area contributed by atoms with Gasteiger partial charge in [0.15, 0.2) is 0 Å². The summed E-state index contributed by atoms with van der Waals surface area (Å²) in [5.41, 5.74) is 0. The van der Waals surface area contributed by atoms with Crippen LogP contribution >= 0.6 is 0 Å². The third-order valence-electron chi connectivity index (χ3n) is 2.79. The standard InChI is InChI=1S/C11H23NO2/c1-10(9-13-2)14-8-5-11-3-6-12-7-4-11/h10-12H,3-9H2,1-2H3. The van der Waals surface area contributed by atoms with Crippen LogP contribution in [0.1, 0.15) is 26.2 Å². The summed E-state index contributed by atoms with van der Waals surface area (Å²) in [6, 6.07) is 0. The molecule has 1 fully saturated rings. The van der Waals surface area contributed by atoms with Crippen molar-refractivity contribution >= 4 is 0 Å². The van der Waals surface area contributed by atoms with Gasteiger partial charge in [0.2, 0.25) is 0 Å². The number of hydrogen-bond donors (Lipinski definition) is 1. The molecule has 1 saturated heterocycles. The summed E-state index contributed by atoms with van der Waals surface area (Å²) < 4.78 is 10.7. The van der Waals surface area contributed by atoms with E-state index in [9.17, 15) is 0 Å².